The number of nitrogens with zero attached hydrogens (tertiary/aromatic N) is 1. The average molecular weight is 245 g/mol. The lowest BCUT2D eigenvalue weighted by atomic mass is 10.1. The van der Waals surface area contributed by atoms with Crippen molar-refractivity contribution in [3.63, 3.8) is 0 Å². The number of aliphatic carboxylic acids is 1. The number of hydrogen-bond acceptors (Lipinski definition) is 3. The number of nitrogens with one attached hydrogen (secondary N) is 2. The molecule has 3 amide bonds. The van der Waals surface area contributed by atoms with Crippen LogP contribution < -0.4 is 10.6 Å². The van der Waals surface area contributed by atoms with Gasteiger partial charge in [-0.05, 0) is 6.42 Å². The normalized spacial score (nSPS) is 11.5. The zero-order chi connectivity index (χ0) is 13.4. The molecule has 0 bridgehead atoms. The third kappa shape index (κ3) is 6.39. The van der Waals surface area contributed by atoms with Gasteiger partial charge in [-0.25, -0.2) is 4.79 Å². The average Bonchev–Trinajstić information content (AvgIpc) is 2.28. The molecule has 0 aromatic heterocycles. The second kappa shape index (κ2) is 7.48. The van der Waals surface area contributed by atoms with Gasteiger partial charge in [-0.3, -0.25) is 9.59 Å². The Morgan fingerprint density at radius 1 is 1.35 bits per heavy atom. The molecule has 1 unspecified atom stereocenters. The van der Waals surface area contributed by atoms with E-state index < -0.39 is 17.9 Å². The summed E-state index contributed by atoms with van der Waals surface area (Å²) in [6.45, 7) is 1.81. The second-order valence-corrected chi connectivity index (χ2v) is 3.79. The Morgan fingerprint density at radius 3 is 2.41 bits per heavy atom. The minimum Gasteiger partial charge on any atom is -0.481 e. The van der Waals surface area contributed by atoms with Gasteiger partial charge in [0.05, 0.1) is 5.92 Å². The topological polar surface area (TPSA) is 98.7 Å². The molecule has 7 nitrogen and oxygen atoms in total. The minimum atomic E-state index is -0.891. The predicted molar refractivity (Wildman–Crippen MR) is 61.5 cm³/mol. The summed E-state index contributed by atoms with van der Waals surface area (Å²) in [5.41, 5.74) is 0. The monoisotopic (exact) mass is 245 g/mol. The van der Waals surface area contributed by atoms with Crippen molar-refractivity contribution in [1.82, 2.24) is 15.5 Å². The number of amides is 3. The first-order chi connectivity index (χ1) is 7.88. The van der Waals surface area contributed by atoms with E-state index in [1.165, 1.54) is 19.0 Å². The fourth-order valence-corrected chi connectivity index (χ4v) is 1.02. The Labute approximate surface area is 100 Å². The van der Waals surface area contributed by atoms with E-state index in [0.717, 1.165) is 0 Å². The molecule has 0 saturated carbocycles. The zero-order valence-electron chi connectivity index (χ0n) is 10.3. The number of carbonyl (C=O) groups is 3. The van der Waals surface area contributed by atoms with Crippen molar-refractivity contribution in [1.29, 1.82) is 0 Å². The summed E-state index contributed by atoms with van der Waals surface area (Å²) in [4.78, 5) is 34.2. The first-order valence-electron chi connectivity index (χ1n) is 5.30. The predicted octanol–water partition coefficient (Wildman–Crippen LogP) is -0.515. The molecule has 0 saturated heterocycles. The van der Waals surface area contributed by atoms with E-state index in [1.54, 1.807) is 6.92 Å². The number of carboxylic acid groups (broad SMARTS) is 1. The first kappa shape index (κ1) is 15.2. The molecule has 0 fully saturated rings. The summed E-state index contributed by atoms with van der Waals surface area (Å²) < 4.78 is 0. The lowest BCUT2D eigenvalue weighted by Crippen LogP contribution is -2.43. The Bertz CT molecular complexity index is 293. The fourth-order valence-electron chi connectivity index (χ4n) is 1.02. The summed E-state index contributed by atoms with van der Waals surface area (Å²) in [7, 11) is 2.98. The van der Waals surface area contributed by atoms with Crippen LogP contribution in [0.2, 0.25) is 0 Å². The second-order valence-electron chi connectivity index (χ2n) is 3.79. The van der Waals surface area contributed by atoms with Crippen LogP contribution in [0.4, 0.5) is 4.79 Å². The standard InChI is InChI=1S/C10H19N3O4/c1-7(9(15)16)4-5-12-10(17)13(3)6-8(14)11-2/h7H,4-6H2,1-3H3,(H,11,14)(H,12,17)(H,15,16). The van der Waals surface area contributed by atoms with Crippen LogP contribution in [-0.4, -0.2) is 55.1 Å². The Kier molecular flexibility index (Phi) is 6.69. The van der Waals surface area contributed by atoms with Gasteiger partial charge >= 0.3 is 12.0 Å². The number of hydrogen-bond donors (Lipinski definition) is 3. The summed E-state index contributed by atoms with van der Waals surface area (Å²) in [6, 6.07) is -0.397. The molecule has 0 aromatic carbocycles. The maximum Gasteiger partial charge on any atom is 0.317 e. The largest absolute Gasteiger partial charge is 0.481 e. The summed E-state index contributed by atoms with van der Waals surface area (Å²) in [6.07, 6.45) is 0.356. The highest BCUT2D eigenvalue weighted by Gasteiger charge is 2.13. The highest BCUT2D eigenvalue weighted by Crippen LogP contribution is 1.99. The summed E-state index contributed by atoms with van der Waals surface area (Å²) >= 11 is 0. The lowest BCUT2D eigenvalue weighted by molar-refractivity contribution is -0.141. The third-order valence-corrected chi connectivity index (χ3v) is 2.28. The van der Waals surface area contributed by atoms with Crippen molar-refractivity contribution in [3.05, 3.63) is 0 Å². The molecule has 0 radical (unpaired) electrons. The highest BCUT2D eigenvalue weighted by atomic mass is 16.4. The molecular weight excluding hydrogens is 226 g/mol. The molecule has 3 N–H and O–H groups in total. The summed E-state index contributed by atoms with van der Waals surface area (Å²) in [5, 5.41) is 13.6. The molecule has 17 heavy (non-hydrogen) atoms. The van der Waals surface area contributed by atoms with Gasteiger partial charge in [0, 0.05) is 20.6 Å². The van der Waals surface area contributed by atoms with Crippen molar-refractivity contribution in [2.75, 3.05) is 27.2 Å². The van der Waals surface area contributed by atoms with Crippen LogP contribution in [0.3, 0.4) is 0 Å². The van der Waals surface area contributed by atoms with Gasteiger partial charge in [0.1, 0.15) is 6.54 Å². The van der Waals surface area contributed by atoms with Crippen molar-refractivity contribution < 1.29 is 19.5 Å². The van der Waals surface area contributed by atoms with Gasteiger partial charge in [-0.2, -0.15) is 0 Å². The number of likely N-dealkylation sites (N-methyl/N-ethyl adjacent to an activating group) is 2. The van der Waals surface area contributed by atoms with E-state index in [9.17, 15) is 14.4 Å². The number of urea groups is 1. The molecule has 7 heteroatoms. The van der Waals surface area contributed by atoms with Crippen molar-refractivity contribution >= 4 is 17.9 Å². The van der Waals surface area contributed by atoms with E-state index in [1.807, 2.05) is 0 Å². The van der Waals surface area contributed by atoms with Gasteiger partial charge < -0.3 is 20.6 Å². The van der Waals surface area contributed by atoms with Crippen LogP contribution in [-0.2, 0) is 9.59 Å². The Hall–Kier alpha value is -1.79. The Balaban J connectivity index is 3.86. The maximum atomic E-state index is 11.4. The van der Waals surface area contributed by atoms with E-state index in [-0.39, 0.29) is 19.0 Å². The molecule has 0 aromatic rings. The smallest absolute Gasteiger partial charge is 0.317 e. The van der Waals surface area contributed by atoms with Gasteiger partial charge in [-0.1, -0.05) is 6.92 Å². The van der Waals surface area contributed by atoms with Gasteiger partial charge in [0.15, 0.2) is 0 Å². The molecule has 0 aliphatic heterocycles. The van der Waals surface area contributed by atoms with Gasteiger partial charge in [0.25, 0.3) is 0 Å². The van der Waals surface area contributed by atoms with E-state index in [2.05, 4.69) is 10.6 Å². The third-order valence-electron chi connectivity index (χ3n) is 2.28. The fraction of sp³-hybridized carbons (Fsp3) is 0.700. The SMILES string of the molecule is CNC(=O)CN(C)C(=O)NCCC(C)C(=O)O. The van der Waals surface area contributed by atoms with E-state index in [0.29, 0.717) is 6.42 Å². The van der Waals surface area contributed by atoms with Crippen LogP contribution in [0.15, 0.2) is 0 Å². The molecule has 0 aliphatic rings. The van der Waals surface area contributed by atoms with Crippen molar-refractivity contribution in [2.24, 2.45) is 5.92 Å². The van der Waals surface area contributed by atoms with Crippen LogP contribution in [0, 0.1) is 5.92 Å². The quantitative estimate of drug-likeness (QED) is 0.586. The lowest BCUT2D eigenvalue weighted by Gasteiger charge is -2.17. The van der Waals surface area contributed by atoms with E-state index >= 15 is 0 Å². The maximum absolute atomic E-state index is 11.4. The van der Waals surface area contributed by atoms with Crippen molar-refractivity contribution in [3.8, 4) is 0 Å². The Morgan fingerprint density at radius 2 is 1.94 bits per heavy atom. The van der Waals surface area contributed by atoms with Gasteiger partial charge in [-0.15, -0.1) is 0 Å². The van der Waals surface area contributed by atoms with Crippen molar-refractivity contribution in [2.45, 2.75) is 13.3 Å². The first-order valence-corrected chi connectivity index (χ1v) is 5.30. The number of carbonyl (C=O) groups excluding carboxylic acids is 2. The molecule has 0 spiro atoms. The van der Waals surface area contributed by atoms with E-state index in [4.69, 9.17) is 5.11 Å². The zero-order valence-corrected chi connectivity index (χ0v) is 10.3. The molecular formula is C10H19N3O4. The van der Waals surface area contributed by atoms with Crippen LogP contribution in [0.1, 0.15) is 13.3 Å². The molecule has 0 heterocycles. The minimum absolute atomic E-state index is 0.0309. The van der Waals surface area contributed by atoms with Crippen LogP contribution in [0.25, 0.3) is 0 Å². The highest BCUT2D eigenvalue weighted by molar-refractivity contribution is 5.83. The van der Waals surface area contributed by atoms with Crippen LogP contribution in [0.5, 0.6) is 0 Å². The number of rotatable bonds is 6. The molecule has 98 valence electrons. The van der Waals surface area contributed by atoms with Gasteiger partial charge in [0.2, 0.25) is 5.91 Å². The molecule has 1 atom stereocenters. The van der Waals surface area contributed by atoms with Crippen LogP contribution >= 0.6 is 0 Å². The molecule has 0 rings (SSSR count). The number of carboxylic acids is 1. The molecule has 0 aliphatic carbocycles. The summed E-state index contributed by atoms with van der Waals surface area (Å²) in [5.74, 6) is -1.65.